The quantitative estimate of drug-likeness (QED) is 0.636. The zero-order chi connectivity index (χ0) is 9.56. The summed E-state index contributed by atoms with van der Waals surface area (Å²) in [5, 5.41) is 2.82. The van der Waals surface area contributed by atoms with Gasteiger partial charge < -0.3 is 5.73 Å². The fourth-order valence-corrected chi connectivity index (χ4v) is 0.999. The number of nitrogens with two attached hydrogens (primary N) is 1. The summed E-state index contributed by atoms with van der Waals surface area (Å²) in [4.78, 5) is 22.3. The van der Waals surface area contributed by atoms with Gasteiger partial charge >= 0.3 is 6.03 Å². The zero-order valence-corrected chi connectivity index (χ0v) is 7.49. The Balaban J connectivity index is 4.24. The van der Waals surface area contributed by atoms with Crippen LogP contribution in [0.4, 0.5) is 4.79 Å². The predicted octanol–water partition coefficient (Wildman–Crippen LogP) is 1.28. The Hall–Kier alpha value is -1.13. The van der Waals surface area contributed by atoms with Crippen molar-refractivity contribution in [1.82, 2.24) is 4.90 Å². The van der Waals surface area contributed by atoms with Crippen molar-refractivity contribution < 1.29 is 4.79 Å². The van der Waals surface area contributed by atoms with Gasteiger partial charge in [0.1, 0.15) is 0 Å². The van der Waals surface area contributed by atoms with E-state index in [4.69, 9.17) is 5.73 Å². The second kappa shape index (κ2) is 5.51. The van der Waals surface area contributed by atoms with E-state index in [-0.39, 0.29) is 0 Å². The minimum Gasteiger partial charge on any atom is -0.351 e. The molecule has 0 saturated carbocycles. The summed E-state index contributed by atoms with van der Waals surface area (Å²) in [5.74, 6) is 0. The van der Waals surface area contributed by atoms with Crippen LogP contribution < -0.4 is 5.73 Å². The van der Waals surface area contributed by atoms with E-state index >= 15 is 0 Å². The summed E-state index contributed by atoms with van der Waals surface area (Å²) in [5.41, 5.74) is 5.06. The molecule has 1 atom stereocenters. The molecule has 0 radical (unpaired) electrons. The third kappa shape index (κ3) is 2.86. The van der Waals surface area contributed by atoms with Gasteiger partial charge in [-0.3, -0.25) is 4.90 Å². The molecule has 0 spiro atoms. The van der Waals surface area contributed by atoms with Gasteiger partial charge in [-0.05, 0) is 18.0 Å². The van der Waals surface area contributed by atoms with Crippen molar-refractivity contribution in [3.8, 4) is 0 Å². The van der Waals surface area contributed by atoms with Crippen molar-refractivity contribution in [2.75, 3.05) is 6.54 Å². The first-order valence-corrected chi connectivity index (χ1v) is 4.05. The van der Waals surface area contributed by atoms with Crippen molar-refractivity contribution in [3.05, 3.63) is 4.91 Å². The van der Waals surface area contributed by atoms with Crippen LogP contribution in [0.3, 0.4) is 0 Å². The first-order valence-electron chi connectivity index (χ1n) is 4.05. The topological polar surface area (TPSA) is 75.8 Å². The van der Waals surface area contributed by atoms with Crippen molar-refractivity contribution in [2.45, 2.75) is 32.9 Å². The zero-order valence-electron chi connectivity index (χ0n) is 7.49. The van der Waals surface area contributed by atoms with Crippen LogP contribution in [0, 0.1) is 4.91 Å². The highest BCUT2D eigenvalue weighted by atomic mass is 16.3. The molecule has 0 fully saturated rings. The molecular weight excluding hydrogens is 158 g/mol. The minimum atomic E-state index is -0.609. The van der Waals surface area contributed by atoms with Crippen molar-refractivity contribution in [2.24, 2.45) is 10.9 Å². The van der Waals surface area contributed by atoms with Crippen LogP contribution in [0.25, 0.3) is 0 Å². The number of nitrogens with zero attached hydrogens (tertiary/aromatic N) is 2. The van der Waals surface area contributed by atoms with Gasteiger partial charge in [0.05, 0.1) is 0 Å². The van der Waals surface area contributed by atoms with Gasteiger partial charge in [0.15, 0.2) is 6.17 Å². The predicted molar refractivity (Wildman–Crippen MR) is 46.5 cm³/mol. The molecule has 0 heterocycles. The Labute approximate surface area is 71.9 Å². The number of urea groups is 1. The second-order valence-electron chi connectivity index (χ2n) is 2.53. The molecule has 0 rings (SSSR count). The van der Waals surface area contributed by atoms with E-state index in [1.165, 1.54) is 4.90 Å². The van der Waals surface area contributed by atoms with E-state index in [1.54, 1.807) is 6.92 Å². The summed E-state index contributed by atoms with van der Waals surface area (Å²) in [7, 11) is 0. The SMILES string of the molecule is CCCN(C(N)=O)C(CC)N=O. The number of hydrogen-bond donors (Lipinski definition) is 1. The van der Waals surface area contributed by atoms with Gasteiger partial charge in [-0.25, -0.2) is 4.79 Å². The molecule has 5 nitrogen and oxygen atoms in total. The number of carbonyl (C=O) groups is 1. The normalized spacial score (nSPS) is 12.2. The van der Waals surface area contributed by atoms with Crippen LogP contribution >= 0.6 is 0 Å². The summed E-state index contributed by atoms with van der Waals surface area (Å²) in [6.45, 7) is 4.19. The molecule has 0 aromatic heterocycles. The number of nitroso groups, excluding NO2 is 1. The first-order chi connectivity index (χ1) is 5.67. The standard InChI is InChI=1S/C7H15N3O2/c1-3-5-10(7(8)11)6(4-2)9-12/h6H,3-5H2,1-2H3,(H2,8,11). The highest BCUT2D eigenvalue weighted by Gasteiger charge is 2.19. The Kier molecular flexibility index (Phi) is 4.99. The molecule has 0 aliphatic rings. The van der Waals surface area contributed by atoms with Crippen LogP contribution in [0.15, 0.2) is 5.18 Å². The first kappa shape index (κ1) is 10.9. The van der Waals surface area contributed by atoms with Gasteiger partial charge in [0.25, 0.3) is 0 Å². The van der Waals surface area contributed by atoms with Gasteiger partial charge in [-0.2, -0.15) is 0 Å². The third-order valence-electron chi connectivity index (χ3n) is 1.59. The maximum absolute atomic E-state index is 10.8. The fourth-order valence-electron chi connectivity index (χ4n) is 0.999. The van der Waals surface area contributed by atoms with Crippen LogP contribution in [0.5, 0.6) is 0 Å². The molecule has 2 N–H and O–H groups in total. The maximum atomic E-state index is 10.8. The lowest BCUT2D eigenvalue weighted by Crippen LogP contribution is -2.42. The molecule has 2 amide bonds. The molecule has 0 saturated heterocycles. The molecule has 0 aromatic rings. The molecule has 0 aromatic carbocycles. The van der Waals surface area contributed by atoms with E-state index in [0.717, 1.165) is 6.42 Å². The highest BCUT2D eigenvalue weighted by Crippen LogP contribution is 2.05. The minimum absolute atomic E-state index is 0.486. The third-order valence-corrected chi connectivity index (χ3v) is 1.59. The molecular formula is C7H15N3O2. The lowest BCUT2D eigenvalue weighted by Gasteiger charge is -2.23. The van der Waals surface area contributed by atoms with Crippen LogP contribution in [-0.2, 0) is 0 Å². The number of carbonyl (C=O) groups excluding carboxylic acids is 1. The van der Waals surface area contributed by atoms with E-state index in [2.05, 4.69) is 5.18 Å². The van der Waals surface area contributed by atoms with Gasteiger partial charge in [0.2, 0.25) is 0 Å². The molecule has 0 aliphatic heterocycles. The smallest absolute Gasteiger partial charge is 0.316 e. The molecule has 0 bridgehead atoms. The van der Waals surface area contributed by atoms with Gasteiger partial charge in [-0.1, -0.05) is 13.8 Å². The van der Waals surface area contributed by atoms with Crippen molar-refractivity contribution in [3.63, 3.8) is 0 Å². The monoisotopic (exact) mass is 173 g/mol. The van der Waals surface area contributed by atoms with Gasteiger partial charge in [-0.15, -0.1) is 4.91 Å². The number of rotatable bonds is 5. The molecule has 5 heteroatoms. The number of amides is 2. The lowest BCUT2D eigenvalue weighted by atomic mass is 10.3. The average molecular weight is 173 g/mol. The summed E-state index contributed by atoms with van der Waals surface area (Å²) in [6.07, 6.45) is 0.670. The Morgan fingerprint density at radius 3 is 2.42 bits per heavy atom. The van der Waals surface area contributed by atoms with E-state index in [9.17, 15) is 9.70 Å². The second-order valence-corrected chi connectivity index (χ2v) is 2.53. The van der Waals surface area contributed by atoms with Crippen LogP contribution in [0.2, 0.25) is 0 Å². The summed E-state index contributed by atoms with van der Waals surface area (Å²) >= 11 is 0. The largest absolute Gasteiger partial charge is 0.351 e. The molecule has 0 aliphatic carbocycles. The number of hydrogen-bond acceptors (Lipinski definition) is 3. The van der Waals surface area contributed by atoms with Crippen LogP contribution in [-0.4, -0.2) is 23.6 Å². The Morgan fingerprint density at radius 1 is 1.58 bits per heavy atom. The van der Waals surface area contributed by atoms with E-state index in [0.29, 0.717) is 13.0 Å². The Morgan fingerprint density at radius 2 is 2.17 bits per heavy atom. The summed E-state index contributed by atoms with van der Waals surface area (Å²) in [6, 6.07) is -0.580. The summed E-state index contributed by atoms with van der Waals surface area (Å²) < 4.78 is 0. The lowest BCUT2D eigenvalue weighted by molar-refractivity contribution is 0.183. The van der Waals surface area contributed by atoms with E-state index < -0.39 is 12.2 Å². The van der Waals surface area contributed by atoms with Gasteiger partial charge in [0, 0.05) is 6.54 Å². The maximum Gasteiger partial charge on any atom is 0.316 e. The van der Waals surface area contributed by atoms with Crippen molar-refractivity contribution >= 4 is 6.03 Å². The average Bonchev–Trinajstić information content (AvgIpc) is 2.05. The highest BCUT2D eigenvalue weighted by molar-refractivity contribution is 5.72. The van der Waals surface area contributed by atoms with E-state index in [1.807, 2.05) is 6.92 Å². The fraction of sp³-hybridized carbons (Fsp3) is 0.857. The Bertz CT molecular complexity index is 161. The van der Waals surface area contributed by atoms with Crippen molar-refractivity contribution in [1.29, 1.82) is 0 Å². The molecule has 12 heavy (non-hydrogen) atoms. The molecule has 70 valence electrons. The van der Waals surface area contributed by atoms with Crippen LogP contribution in [0.1, 0.15) is 26.7 Å². The molecule has 1 unspecified atom stereocenters. The number of primary amides is 1.